The molecule has 0 aromatic heterocycles. The van der Waals surface area contributed by atoms with Gasteiger partial charge in [-0.1, -0.05) is 49.6 Å². The van der Waals surface area contributed by atoms with Crippen LogP contribution in [-0.4, -0.2) is 12.6 Å². The minimum atomic E-state index is -0.446. The fourth-order valence-corrected chi connectivity index (χ4v) is 1.90. The van der Waals surface area contributed by atoms with Gasteiger partial charge in [0.05, 0.1) is 0 Å². The summed E-state index contributed by atoms with van der Waals surface area (Å²) >= 11 is 0. The van der Waals surface area contributed by atoms with Crippen LogP contribution in [0.3, 0.4) is 0 Å². The van der Waals surface area contributed by atoms with E-state index in [2.05, 4.69) is 43.4 Å². The minimum Gasteiger partial charge on any atom is -0.352 e. The highest BCUT2D eigenvalue weighted by Crippen LogP contribution is 2.21. The number of amides is 2. The zero-order valence-corrected chi connectivity index (χ0v) is 10.7. The van der Waals surface area contributed by atoms with Crippen LogP contribution >= 0.6 is 0 Å². The van der Waals surface area contributed by atoms with Crippen LogP contribution < -0.4 is 11.1 Å². The lowest BCUT2D eigenvalue weighted by Gasteiger charge is -2.17. The zero-order valence-electron chi connectivity index (χ0n) is 10.7. The van der Waals surface area contributed by atoms with Gasteiger partial charge in [-0.05, 0) is 18.9 Å². The van der Waals surface area contributed by atoms with Crippen molar-refractivity contribution in [2.75, 3.05) is 6.54 Å². The molecule has 0 radical (unpaired) electrons. The van der Waals surface area contributed by atoms with Crippen molar-refractivity contribution >= 4 is 6.03 Å². The average molecular weight is 234 g/mol. The van der Waals surface area contributed by atoms with Gasteiger partial charge in [0.25, 0.3) is 0 Å². The van der Waals surface area contributed by atoms with Gasteiger partial charge < -0.3 is 11.1 Å². The SMILES string of the molecule is CCCCC(CNC(N)=O)c1ccc(C)cc1. The molecule has 1 rings (SSSR count). The second-order valence-corrected chi connectivity index (χ2v) is 4.49. The van der Waals surface area contributed by atoms with Crippen LogP contribution in [0, 0.1) is 6.92 Å². The van der Waals surface area contributed by atoms with E-state index >= 15 is 0 Å². The molecule has 0 aliphatic rings. The lowest BCUT2D eigenvalue weighted by molar-refractivity contribution is 0.248. The summed E-state index contributed by atoms with van der Waals surface area (Å²) in [6.07, 6.45) is 3.41. The summed E-state index contributed by atoms with van der Waals surface area (Å²) in [4.78, 5) is 10.8. The summed E-state index contributed by atoms with van der Waals surface area (Å²) in [7, 11) is 0. The van der Waals surface area contributed by atoms with Crippen LogP contribution in [0.5, 0.6) is 0 Å². The van der Waals surface area contributed by atoms with Gasteiger partial charge in [0.2, 0.25) is 0 Å². The molecule has 0 spiro atoms. The Balaban J connectivity index is 2.67. The summed E-state index contributed by atoms with van der Waals surface area (Å²) in [5, 5.41) is 2.71. The Labute approximate surface area is 103 Å². The van der Waals surface area contributed by atoms with Crippen molar-refractivity contribution in [1.82, 2.24) is 5.32 Å². The third kappa shape index (κ3) is 4.89. The molecule has 2 amide bonds. The third-order valence-corrected chi connectivity index (χ3v) is 2.98. The summed E-state index contributed by atoms with van der Waals surface area (Å²) in [5.74, 6) is 0.364. The maximum atomic E-state index is 10.8. The first-order valence-corrected chi connectivity index (χ1v) is 6.23. The smallest absolute Gasteiger partial charge is 0.312 e. The van der Waals surface area contributed by atoms with Gasteiger partial charge in [-0.15, -0.1) is 0 Å². The van der Waals surface area contributed by atoms with Crippen LogP contribution in [-0.2, 0) is 0 Å². The van der Waals surface area contributed by atoms with Crippen molar-refractivity contribution in [3.63, 3.8) is 0 Å². The molecule has 3 nitrogen and oxygen atoms in total. The van der Waals surface area contributed by atoms with Gasteiger partial charge >= 0.3 is 6.03 Å². The van der Waals surface area contributed by atoms with E-state index in [1.807, 2.05) is 0 Å². The molecule has 1 aromatic rings. The van der Waals surface area contributed by atoms with Gasteiger partial charge in [-0.3, -0.25) is 0 Å². The van der Waals surface area contributed by atoms with E-state index < -0.39 is 6.03 Å². The van der Waals surface area contributed by atoms with Gasteiger partial charge in [0.1, 0.15) is 0 Å². The van der Waals surface area contributed by atoms with Crippen molar-refractivity contribution in [3.05, 3.63) is 35.4 Å². The topological polar surface area (TPSA) is 55.1 Å². The van der Waals surface area contributed by atoms with Gasteiger partial charge in [0.15, 0.2) is 0 Å². The van der Waals surface area contributed by atoms with Crippen molar-refractivity contribution in [2.45, 2.75) is 39.0 Å². The van der Waals surface area contributed by atoms with E-state index in [-0.39, 0.29) is 0 Å². The zero-order chi connectivity index (χ0) is 12.7. The highest BCUT2D eigenvalue weighted by molar-refractivity contribution is 5.71. The van der Waals surface area contributed by atoms with E-state index in [4.69, 9.17) is 5.73 Å². The van der Waals surface area contributed by atoms with Crippen LogP contribution in [0.2, 0.25) is 0 Å². The molecule has 1 atom stereocenters. The third-order valence-electron chi connectivity index (χ3n) is 2.98. The fourth-order valence-electron chi connectivity index (χ4n) is 1.90. The molecule has 0 bridgehead atoms. The number of carbonyl (C=O) groups excluding carboxylic acids is 1. The predicted octanol–water partition coefficient (Wildman–Crippen LogP) is 2.94. The number of nitrogens with two attached hydrogens (primary N) is 1. The largest absolute Gasteiger partial charge is 0.352 e. The number of urea groups is 1. The highest BCUT2D eigenvalue weighted by atomic mass is 16.2. The summed E-state index contributed by atoms with van der Waals surface area (Å²) in [6, 6.07) is 8.05. The molecule has 3 heteroatoms. The molecule has 0 aliphatic carbocycles. The quantitative estimate of drug-likeness (QED) is 0.781. The Bertz CT molecular complexity index is 346. The number of unbranched alkanes of at least 4 members (excludes halogenated alkanes) is 1. The first-order valence-electron chi connectivity index (χ1n) is 6.23. The molecule has 17 heavy (non-hydrogen) atoms. The van der Waals surface area contributed by atoms with Gasteiger partial charge in [-0.2, -0.15) is 0 Å². The monoisotopic (exact) mass is 234 g/mol. The van der Waals surface area contributed by atoms with Gasteiger partial charge in [-0.25, -0.2) is 4.79 Å². The molecular weight excluding hydrogens is 212 g/mol. The standard InChI is InChI=1S/C14H22N2O/c1-3-4-5-13(10-16-14(15)17)12-8-6-11(2)7-9-12/h6-9,13H,3-5,10H2,1-2H3,(H3,15,16,17). The summed E-state index contributed by atoms with van der Waals surface area (Å²) < 4.78 is 0. The highest BCUT2D eigenvalue weighted by Gasteiger charge is 2.11. The molecule has 0 fully saturated rings. The normalized spacial score (nSPS) is 12.1. The van der Waals surface area contributed by atoms with E-state index in [1.54, 1.807) is 0 Å². The van der Waals surface area contributed by atoms with Crippen molar-refractivity contribution in [3.8, 4) is 0 Å². The summed E-state index contributed by atoms with van der Waals surface area (Å²) in [5.41, 5.74) is 7.65. The van der Waals surface area contributed by atoms with Crippen LogP contribution in [0.1, 0.15) is 43.2 Å². The number of primary amides is 1. The van der Waals surface area contributed by atoms with E-state index in [1.165, 1.54) is 24.0 Å². The second kappa shape index (κ2) is 6.94. The number of nitrogens with one attached hydrogen (secondary N) is 1. The number of rotatable bonds is 6. The fraction of sp³-hybridized carbons (Fsp3) is 0.500. The average Bonchev–Trinajstić information content (AvgIpc) is 2.30. The minimum absolute atomic E-state index is 0.364. The van der Waals surface area contributed by atoms with E-state index in [0.717, 1.165) is 6.42 Å². The van der Waals surface area contributed by atoms with Crippen molar-refractivity contribution in [1.29, 1.82) is 0 Å². The maximum Gasteiger partial charge on any atom is 0.312 e. The van der Waals surface area contributed by atoms with E-state index in [0.29, 0.717) is 12.5 Å². The number of hydrogen-bond acceptors (Lipinski definition) is 1. The van der Waals surface area contributed by atoms with E-state index in [9.17, 15) is 4.79 Å². The first kappa shape index (κ1) is 13.6. The van der Waals surface area contributed by atoms with Crippen molar-refractivity contribution in [2.24, 2.45) is 5.73 Å². The Morgan fingerprint density at radius 1 is 1.35 bits per heavy atom. The first-order chi connectivity index (χ1) is 8.13. The Morgan fingerprint density at radius 3 is 2.53 bits per heavy atom. The van der Waals surface area contributed by atoms with Crippen molar-refractivity contribution < 1.29 is 4.79 Å². The maximum absolute atomic E-state index is 10.8. The predicted molar refractivity (Wildman–Crippen MR) is 71.0 cm³/mol. The Hall–Kier alpha value is -1.51. The van der Waals surface area contributed by atoms with Crippen LogP contribution in [0.25, 0.3) is 0 Å². The number of aryl methyl sites for hydroxylation is 1. The number of benzene rings is 1. The lowest BCUT2D eigenvalue weighted by Crippen LogP contribution is -2.33. The molecular formula is C14H22N2O. The Kier molecular flexibility index (Phi) is 5.53. The van der Waals surface area contributed by atoms with Crippen LogP contribution in [0.4, 0.5) is 4.79 Å². The number of carbonyl (C=O) groups is 1. The molecule has 3 N–H and O–H groups in total. The molecule has 1 unspecified atom stereocenters. The van der Waals surface area contributed by atoms with Gasteiger partial charge in [0, 0.05) is 12.5 Å². The lowest BCUT2D eigenvalue weighted by atomic mass is 9.93. The van der Waals surface area contributed by atoms with Crippen LogP contribution in [0.15, 0.2) is 24.3 Å². The molecule has 1 aromatic carbocycles. The second-order valence-electron chi connectivity index (χ2n) is 4.49. The molecule has 94 valence electrons. The Morgan fingerprint density at radius 2 is 2.00 bits per heavy atom. The summed E-state index contributed by atoms with van der Waals surface area (Å²) in [6.45, 7) is 4.87. The molecule has 0 aliphatic heterocycles. The molecule has 0 saturated carbocycles. The molecule has 0 heterocycles. The molecule has 0 saturated heterocycles. The number of hydrogen-bond donors (Lipinski definition) is 2.